The molecule has 1 rings (SSSR count). The number of hydrogen-bond donors (Lipinski definition) is 3. The van der Waals surface area contributed by atoms with Crippen molar-refractivity contribution in [2.75, 3.05) is 6.54 Å². The Balaban J connectivity index is 2.23. The van der Waals surface area contributed by atoms with Crippen molar-refractivity contribution >= 4 is 5.97 Å². The molecule has 0 aromatic carbocycles. The van der Waals surface area contributed by atoms with Crippen molar-refractivity contribution in [1.82, 2.24) is 5.32 Å². The van der Waals surface area contributed by atoms with Crippen LogP contribution in [0.1, 0.15) is 39.0 Å². The van der Waals surface area contributed by atoms with E-state index in [1.807, 2.05) is 0 Å². The first-order valence-electron chi connectivity index (χ1n) is 5.85. The zero-order chi connectivity index (χ0) is 11.3. The molecule has 3 unspecified atom stereocenters. The fourth-order valence-electron chi connectivity index (χ4n) is 2.23. The fraction of sp³-hybridized carbons (Fsp3) is 0.909. The molecular formula is C11H22N2O2. The molecular weight excluding hydrogens is 192 g/mol. The minimum absolute atomic E-state index is 0.385. The largest absolute Gasteiger partial charge is 0.480 e. The molecule has 4 heteroatoms. The maximum absolute atomic E-state index is 10.5. The van der Waals surface area contributed by atoms with E-state index in [1.165, 1.54) is 25.7 Å². The molecule has 0 spiro atoms. The Morgan fingerprint density at radius 1 is 1.60 bits per heavy atom. The number of carbonyl (C=O) groups is 1. The Hall–Kier alpha value is -0.610. The van der Waals surface area contributed by atoms with E-state index in [0.717, 1.165) is 12.3 Å². The molecule has 0 aliphatic heterocycles. The molecule has 15 heavy (non-hydrogen) atoms. The van der Waals surface area contributed by atoms with Gasteiger partial charge in [0.2, 0.25) is 0 Å². The number of nitrogens with two attached hydrogens (primary N) is 1. The second-order valence-corrected chi connectivity index (χ2v) is 4.49. The molecule has 1 aliphatic rings. The van der Waals surface area contributed by atoms with Gasteiger partial charge in [-0.3, -0.25) is 4.79 Å². The lowest BCUT2D eigenvalue weighted by atomic mass is 9.84. The number of aliphatic carboxylic acids is 1. The smallest absolute Gasteiger partial charge is 0.321 e. The van der Waals surface area contributed by atoms with Crippen molar-refractivity contribution in [3.63, 3.8) is 0 Å². The highest BCUT2D eigenvalue weighted by Gasteiger charge is 2.21. The van der Waals surface area contributed by atoms with Crippen LogP contribution in [0.5, 0.6) is 0 Å². The Kier molecular flexibility index (Phi) is 5.05. The molecule has 0 radical (unpaired) electrons. The van der Waals surface area contributed by atoms with Gasteiger partial charge in [0.05, 0.1) is 0 Å². The lowest BCUT2D eigenvalue weighted by Gasteiger charge is -2.29. The monoisotopic (exact) mass is 214 g/mol. The number of hydrogen-bond acceptors (Lipinski definition) is 3. The Bertz CT molecular complexity index is 209. The fourth-order valence-corrected chi connectivity index (χ4v) is 2.23. The molecule has 3 atom stereocenters. The first-order chi connectivity index (χ1) is 7.13. The van der Waals surface area contributed by atoms with E-state index in [-0.39, 0.29) is 0 Å². The van der Waals surface area contributed by atoms with Crippen LogP contribution >= 0.6 is 0 Å². The topological polar surface area (TPSA) is 75.3 Å². The van der Waals surface area contributed by atoms with Crippen LogP contribution in [0.4, 0.5) is 0 Å². The summed E-state index contributed by atoms with van der Waals surface area (Å²) in [6.07, 6.45) is 6.12. The lowest BCUT2D eigenvalue weighted by Crippen LogP contribution is -2.45. The summed E-state index contributed by atoms with van der Waals surface area (Å²) in [6, 6.07) is -0.305. The van der Waals surface area contributed by atoms with Gasteiger partial charge in [-0.1, -0.05) is 26.2 Å². The van der Waals surface area contributed by atoms with Gasteiger partial charge < -0.3 is 16.2 Å². The van der Waals surface area contributed by atoms with E-state index < -0.39 is 12.0 Å². The third kappa shape index (κ3) is 4.18. The summed E-state index contributed by atoms with van der Waals surface area (Å²) in [5, 5.41) is 11.9. The van der Waals surface area contributed by atoms with Crippen molar-refractivity contribution in [3.8, 4) is 0 Å². The van der Waals surface area contributed by atoms with Crippen LogP contribution < -0.4 is 11.1 Å². The van der Waals surface area contributed by atoms with Crippen LogP contribution in [0.25, 0.3) is 0 Å². The van der Waals surface area contributed by atoms with Gasteiger partial charge in [-0.2, -0.15) is 0 Å². The van der Waals surface area contributed by atoms with Crippen LogP contribution in [0.3, 0.4) is 0 Å². The van der Waals surface area contributed by atoms with E-state index in [2.05, 4.69) is 12.2 Å². The molecule has 0 amide bonds. The van der Waals surface area contributed by atoms with Crippen molar-refractivity contribution in [2.45, 2.75) is 51.1 Å². The van der Waals surface area contributed by atoms with Crippen LogP contribution in [0.2, 0.25) is 0 Å². The van der Waals surface area contributed by atoms with E-state index >= 15 is 0 Å². The second-order valence-electron chi connectivity index (χ2n) is 4.49. The summed E-state index contributed by atoms with van der Waals surface area (Å²) in [6.45, 7) is 2.60. The molecule has 4 N–H and O–H groups in total. The highest BCUT2D eigenvalue weighted by atomic mass is 16.4. The van der Waals surface area contributed by atoms with E-state index in [9.17, 15) is 4.79 Å². The standard InChI is InChI=1S/C11H22N2O2/c1-2-8-4-3-5-9(6-8)13-7-10(12)11(14)15/h8-10,13H,2-7,12H2,1H3,(H,14,15). The van der Waals surface area contributed by atoms with Gasteiger partial charge >= 0.3 is 5.97 Å². The van der Waals surface area contributed by atoms with Gasteiger partial charge in [0.15, 0.2) is 0 Å². The molecule has 0 heterocycles. The van der Waals surface area contributed by atoms with E-state index in [0.29, 0.717) is 12.6 Å². The zero-order valence-corrected chi connectivity index (χ0v) is 9.41. The minimum Gasteiger partial charge on any atom is -0.480 e. The number of rotatable bonds is 5. The van der Waals surface area contributed by atoms with Gasteiger partial charge in [-0.25, -0.2) is 0 Å². The molecule has 1 aliphatic carbocycles. The van der Waals surface area contributed by atoms with Gasteiger partial charge in [-0.05, 0) is 18.8 Å². The van der Waals surface area contributed by atoms with Crippen molar-refractivity contribution in [2.24, 2.45) is 11.7 Å². The average molecular weight is 214 g/mol. The summed E-state index contributed by atoms with van der Waals surface area (Å²) < 4.78 is 0. The SMILES string of the molecule is CCC1CCCC(NCC(N)C(=O)O)C1. The van der Waals surface area contributed by atoms with E-state index in [1.54, 1.807) is 0 Å². The molecule has 0 saturated heterocycles. The summed E-state index contributed by atoms with van der Waals surface area (Å²) >= 11 is 0. The average Bonchev–Trinajstić information content (AvgIpc) is 2.26. The molecule has 88 valence electrons. The third-order valence-corrected chi connectivity index (χ3v) is 3.30. The summed E-state index contributed by atoms with van der Waals surface area (Å²) in [4.78, 5) is 10.5. The van der Waals surface area contributed by atoms with Crippen LogP contribution in [-0.2, 0) is 4.79 Å². The summed E-state index contributed by atoms with van der Waals surface area (Å²) in [7, 11) is 0. The first-order valence-corrected chi connectivity index (χ1v) is 5.85. The molecule has 4 nitrogen and oxygen atoms in total. The van der Waals surface area contributed by atoms with Gasteiger partial charge in [-0.15, -0.1) is 0 Å². The van der Waals surface area contributed by atoms with Crippen molar-refractivity contribution < 1.29 is 9.90 Å². The van der Waals surface area contributed by atoms with Gasteiger partial charge in [0, 0.05) is 12.6 Å². The van der Waals surface area contributed by atoms with Crippen LogP contribution in [0, 0.1) is 5.92 Å². The first kappa shape index (κ1) is 12.5. The van der Waals surface area contributed by atoms with E-state index in [4.69, 9.17) is 10.8 Å². The Morgan fingerprint density at radius 2 is 2.33 bits per heavy atom. The molecule has 0 aromatic rings. The minimum atomic E-state index is -0.926. The molecule has 0 aromatic heterocycles. The Labute approximate surface area is 91.2 Å². The quantitative estimate of drug-likeness (QED) is 0.637. The van der Waals surface area contributed by atoms with Gasteiger partial charge in [0.1, 0.15) is 6.04 Å². The third-order valence-electron chi connectivity index (χ3n) is 3.30. The Morgan fingerprint density at radius 3 is 2.93 bits per heavy atom. The maximum Gasteiger partial charge on any atom is 0.321 e. The van der Waals surface area contributed by atoms with Crippen molar-refractivity contribution in [3.05, 3.63) is 0 Å². The summed E-state index contributed by atoms with van der Waals surface area (Å²) in [5.41, 5.74) is 5.44. The zero-order valence-electron chi connectivity index (χ0n) is 9.41. The highest BCUT2D eigenvalue weighted by Crippen LogP contribution is 2.26. The predicted molar refractivity (Wildman–Crippen MR) is 59.7 cm³/mol. The lowest BCUT2D eigenvalue weighted by molar-refractivity contribution is -0.138. The summed E-state index contributed by atoms with van der Waals surface area (Å²) in [5.74, 6) is -0.123. The maximum atomic E-state index is 10.5. The van der Waals surface area contributed by atoms with Crippen molar-refractivity contribution in [1.29, 1.82) is 0 Å². The predicted octanol–water partition coefficient (Wildman–Crippen LogP) is 0.957. The van der Waals surface area contributed by atoms with Crippen LogP contribution in [-0.4, -0.2) is 29.7 Å². The van der Waals surface area contributed by atoms with Crippen LogP contribution in [0.15, 0.2) is 0 Å². The highest BCUT2D eigenvalue weighted by molar-refractivity contribution is 5.73. The van der Waals surface area contributed by atoms with Gasteiger partial charge in [0.25, 0.3) is 0 Å². The number of carboxylic acids is 1. The molecule has 1 saturated carbocycles. The molecule has 0 bridgehead atoms. The normalized spacial score (nSPS) is 28.7. The second kappa shape index (κ2) is 6.08. The number of nitrogens with one attached hydrogen (secondary N) is 1. The molecule has 1 fully saturated rings. The number of carboxylic acid groups (broad SMARTS) is 1.